The molecule has 92 valence electrons. The number of hydrazine groups is 1. The zero-order chi connectivity index (χ0) is 12.5. The second kappa shape index (κ2) is 4.55. The maximum atomic E-state index is 6.17. The Morgan fingerprint density at radius 2 is 2.00 bits per heavy atom. The molecule has 1 aliphatic carbocycles. The molecule has 0 atom stereocenters. The molecule has 0 aliphatic heterocycles. The fourth-order valence-corrected chi connectivity index (χ4v) is 2.54. The minimum atomic E-state index is 0.634. The van der Waals surface area contributed by atoms with Gasteiger partial charge in [-0.2, -0.15) is 0 Å². The minimum Gasteiger partial charge on any atom is -0.308 e. The van der Waals surface area contributed by atoms with E-state index >= 15 is 0 Å². The Kier molecular flexibility index (Phi) is 2.89. The number of anilines is 1. The number of hydrogen-bond donors (Lipinski definition) is 2. The molecule has 1 aliphatic rings. The zero-order valence-electron chi connectivity index (χ0n) is 9.78. The van der Waals surface area contributed by atoms with E-state index in [1.165, 1.54) is 0 Å². The van der Waals surface area contributed by atoms with E-state index in [9.17, 15) is 0 Å². The lowest BCUT2D eigenvalue weighted by Crippen LogP contribution is -2.12. The molecule has 0 radical (unpaired) electrons. The largest absolute Gasteiger partial charge is 0.308 e. The average molecular weight is 261 g/mol. The Morgan fingerprint density at radius 3 is 2.78 bits per heavy atom. The predicted octanol–water partition coefficient (Wildman–Crippen LogP) is 2.57. The van der Waals surface area contributed by atoms with Crippen molar-refractivity contribution in [2.75, 3.05) is 5.43 Å². The Hall–Kier alpha value is -1.65. The summed E-state index contributed by atoms with van der Waals surface area (Å²) in [6, 6.07) is 7.57. The van der Waals surface area contributed by atoms with Crippen molar-refractivity contribution in [2.45, 2.75) is 19.3 Å². The van der Waals surface area contributed by atoms with Gasteiger partial charge in [-0.3, -0.25) is 0 Å². The topological polar surface area (TPSA) is 63.8 Å². The molecule has 4 nitrogen and oxygen atoms in total. The molecule has 1 heterocycles. The first-order chi connectivity index (χ1) is 8.79. The number of aromatic nitrogens is 2. The van der Waals surface area contributed by atoms with Crippen LogP contribution in [0, 0.1) is 0 Å². The third-order valence-corrected chi connectivity index (χ3v) is 3.51. The standard InChI is InChI=1S/C13H13ClN4/c14-10-6-2-1-4-8(10)12-16-11-7-3-5-9(11)13(17-12)18-15/h1-2,4,6H,3,5,7,15H2,(H,16,17,18). The summed E-state index contributed by atoms with van der Waals surface area (Å²) in [5, 5.41) is 0.651. The number of nitrogen functional groups attached to an aromatic ring is 1. The lowest BCUT2D eigenvalue weighted by molar-refractivity contribution is 0.900. The molecule has 0 saturated carbocycles. The van der Waals surface area contributed by atoms with Crippen molar-refractivity contribution in [3.63, 3.8) is 0 Å². The van der Waals surface area contributed by atoms with Gasteiger partial charge in [-0.25, -0.2) is 15.8 Å². The summed E-state index contributed by atoms with van der Waals surface area (Å²) in [6.45, 7) is 0. The summed E-state index contributed by atoms with van der Waals surface area (Å²) in [4.78, 5) is 9.06. The first-order valence-electron chi connectivity index (χ1n) is 5.91. The summed E-state index contributed by atoms with van der Waals surface area (Å²) >= 11 is 6.17. The molecule has 5 heteroatoms. The summed E-state index contributed by atoms with van der Waals surface area (Å²) in [6.07, 6.45) is 3.06. The molecule has 0 bridgehead atoms. The Bertz CT molecular complexity index is 598. The van der Waals surface area contributed by atoms with E-state index in [0.717, 1.165) is 36.1 Å². The van der Waals surface area contributed by atoms with Crippen LogP contribution in [0.2, 0.25) is 5.02 Å². The van der Waals surface area contributed by atoms with Gasteiger partial charge >= 0.3 is 0 Å². The molecule has 1 aromatic heterocycles. The van der Waals surface area contributed by atoms with Crippen LogP contribution in [0.4, 0.5) is 5.82 Å². The molecular formula is C13H13ClN4. The first-order valence-corrected chi connectivity index (χ1v) is 6.28. The van der Waals surface area contributed by atoms with Gasteiger partial charge < -0.3 is 5.43 Å². The van der Waals surface area contributed by atoms with Gasteiger partial charge in [0.25, 0.3) is 0 Å². The van der Waals surface area contributed by atoms with Crippen LogP contribution in [0.1, 0.15) is 17.7 Å². The molecule has 3 N–H and O–H groups in total. The van der Waals surface area contributed by atoms with Gasteiger partial charge in [-0.15, -0.1) is 0 Å². The highest BCUT2D eigenvalue weighted by Gasteiger charge is 2.20. The summed E-state index contributed by atoms with van der Waals surface area (Å²) in [5.41, 5.74) is 5.71. The van der Waals surface area contributed by atoms with Crippen molar-refractivity contribution in [3.8, 4) is 11.4 Å². The summed E-state index contributed by atoms with van der Waals surface area (Å²) < 4.78 is 0. The zero-order valence-corrected chi connectivity index (χ0v) is 10.5. The summed E-state index contributed by atoms with van der Waals surface area (Å²) in [5.74, 6) is 6.88. The maximum Gasteiger partial charge on any atom is 0.163 e. The Morgan fingerprint density at radius 1 is 1.17 bits per heavy atom. The van der Waals surface area contributed by atoms with E-state index in [1.54, 1.807) is 0 Å². The number of nitrogens with one attached hydrogen (secondary N) is 1. The summed E-state index contributed by atoms with van der Waals surface area (Å²) in [7, 11) is 0. The van der Waals surface area contributed by atoms with Crippen molar-refractivity contribution >= 4 is 17.4 Å². The van der Waals surface area contributed by atoms with Crippen LogP contribution < -0.4 is 11.3 Å². The number of nitrogens with zero attached hydrogens (tertiary/aromatic N) is 2. The van der Waals surface area contributed by atoms with Crippen LogP contribution in [-0.4, -0.2) is 9.97 Å². The highest BCUT2D eigenvalue weighted by Crippen LogP contribution is 2.31. The molecule has 0 saturated heterocycles. The van der Waals surface area contributed by atoms with E-state index in [4.69, 9.17) is 17.4 Å². The van der Waals surface area contributed by atoms with Gasteiger partial charge in [0.2, 0.25) is 0 Å². The number of rotatable bonds is 2. The monoisotopic (exact) mass is 260 g/mol. The third kappa shape index (κ3) is 1.83. The van der Waals surface area contributed by atoms with E-state index in [2.05, 4.69) is 15.4 Å². The second-order valence-electron chi connectivity index (χ2n) is 4.30. The van der Waals surface area contributed by atoms with Crippen LogP contribution in [0.3, 0.4) is 0 Å². The van der Waals surface area contributed by atoms with E-state index in [0.29, 0.717) is 16.7 Å². The second-order valence-corrected chi connectivity index (χ2v) is 4.71. The molecule has 1 aromatic carbocycles. The molecule has 0 unspecified atom stereocenters. The lowest BCUT2D eigenvalue weighted by atomic mass is 10.2. The number of benzene rings is 1. The predicted molar refractivity (Wildman–Crippen MR) is 72.3 cm³/mol. The van der Waals surface area contributed by atoms with Crippen molar-refractivity contribution < 1.29 is 0 Å². The smallest absolute Gasteiger partial charge is 0.163 e. The third-order valence-electron chi connectivity index (χ3n) is 3.18. The van der Waals surface area contributed by atoms with Crippen molar-refractivity contribution in [3.05, 3.63) is 40.5 Å². The molecule has 0 amide bonds. The molecular weight excluding hydrogens is 248 g/mol. The number of aryl methyl sites for hydroxylation is 1. The molecule has 0 spiro atoms. The van der Waals surface area contributed by atoms with Gasteiger partial charge in [0.15, 0.2) is 5.82 Å². The normalized spacial score (nSPS) is 13.4. The number of fused-ring (bicyclic) bond motifs is 1. The quantitative estimate of drug-likeness (QED) is 0.643. The fraction of sp³-hybridized carbons (Fsp3) is 0.231. The Labute approximate surface area is 110 Å². The first kappa shape index (κ1) is 11.4. The number of nitrogens with two attached hydrogens (primary N) is 1. The highest BCUT2D eigenvalue weighted by atomic mass is 35.5. The van der Waals surface area contributed by atoms with Gasteiger partial charge in [-0.05, 0) is 31.4 Å². The van der Waals surface area contributed by atoms with Crippen molar-refractivity contribution in [2.24, 2.45) is 5.84 Å². The van der Waals surface area contributed by atoms with Crippen molar-refractivity contribution in [1.29, 1.82) is 0 Å². The highest BCUT2D eigenvalue weighted by molar-refractivity contribution is 6.33. The van der Waals surface area contributed by atoms with Crippen LogP contribution in [0.5, 0.6) is 0 Å². The Balaban J connectivity index is 2.17. The van der Waals surface area contributed by atoms with Crippen LogP contribution >= 0.6 is 11.6 Å². The fourth-order valence-electron chi connectivity index (χ4n) is 2.31. The van der Waals surface area contributed by atoms with Crippen LogP contribution in [-0.2, 0) is 12.8 Å². The van der Waals surface area contributed by atoms with Gasteiger partial charge in [0.05, 0.1) is 5.02 Å². The van der Waals surface area contributed by atoms with Crippen molar-refractivity contribution in [1.82, 2.24) is 9.97 Å². The van der Waals surface area contributed by atoms with Gasteiger partial charge in [-0.1, -0.05) is 23.7 Å². The molecule has 3 rings (SSSR count). The number of halogens is 1. The van der Waals surface area contributed by atoms with Gasteiger partial charge in [0, 0.05) is 16.8 Å². The van der Waals surface area contributed by atoms with E-state index in [1.807, 2.05) is 24.3 Å². The SMILES string of the molecule is NNc1nc(-c2ccccc2Cl)nc2c1CCC2. The maximum absolute atomic E-state index is 6.17. The van der Waals surface area contributed by atoms with E-state index in [-0.39, 0.29) is 0 Å². The molecule has 2 aromatic rings. The lowest BCUT2D eigenvalue weighted by Gasteiger charge is -2.10. The number of hydrogen-bond acceptors (Lipinski definition) is 4. The molecule has 18 heavy (non-hydrogen) atoms. The average Bonchev–Trinajstić information content (AvgIpc) is 2.86. The molecule has 0 fully saturated rings. The van der Waals surface area contributed by atoms with Crippen LogP contribution in [0.25, 0.3) is 11.4 Å². The van der Waals surface area contributed by atoms with E-state index < -0.39 is 0 Å². The minimum absolute atomic E-state index is 0.634. The van der Waals surface area contributed by atoms with Gasteiger partial charge in [0.1, 0.15) is 5.82 Å². The van der Waals surface area contributed by atoms with Crippen LogP contribution in [0.15, 0.2) is 24.3 Å².